The third-order valence-electron chi connectivity index (χ3n) is 7.03. The van der Waals surface area contributed by atoms with Crippen LogP contribution in [0.15, 0.2) is 5.11 Å². The highest BCUT2D eigenvalue weighted by Gasteiger charge is 2.31. The van der Waals surface area contributed by atoms with Crippen LogP contribution in [-0.4, -0.2) is 120 Å². The molecule has 0 saturated heterocycles. The number of ether oxygens (including phenoxy) is 4. The van der Waals surface area contributed by atoms with Gasteiger partial charge in [0, 0.05) is 30.3 Å². The fourth-order valence-electron chi connectivity index (χ4n) is 4.36. The normalized spacial score (nSPS) is 12.9. The number of nitrogens with two attached hydrogens (primary N) is 2. The Morgan fingerprint density at radius 2 is 1.31 bits per heavy atom. The van der Waals surface area contributed by atoms with E-state index in [-0.39, 0.29) is 62.7 Å². The van der Waals surface area contributed by atoms with Crippen molar-refractivity contribution in [2.75, 3.05) is 72.5 Å². The van der Waals surface area contributed by atoms with Crippen LogP contribution in [0.1, 0.15) is 66.2 Å². The van der Waals surface area contributed by atoms with Gasteiger partial charge in [0.25, 0.3) is 0 Å². The maximum atomic E-state index is 13.4. The number of hydrogen-bond donors (Lipinski definition) is 6. The van der Waals surface area contributed by atoms with Crippen LogP contribution in [0.3, 0.4) is 0 Å². The molecule has 0 heterocycles. The second-order valence-electron chi connectivity index (χ2n) is 11.8. The summed E-state index contributed by atoms with van der Waals surface area (Å²) in [5, 5.41) is 14.1. The van der Waals surface area contributed by atoms with Gasteiger partial charge in [-0.05, 0) is 50.1 Å². The summed E-state index contributed by atoms with van der Waals surface area (Å²) >= 11 is 0. The lowest BCUT2D eigenvalue weighted by atomic mass is 9.96. The third-order valence-corrected chi connectivity index (χ3v) is 7.03. The van der Waals surface area contributed by atoms with Gasteiger partial charge in [-0.15, -0.1) is 0 Å². The molecule has 0 aliphatic rings. The first-order valence-corrected chi connectivity index (χ1v) is 16.9. The van der Waals surface area contributed by atoms with Crippen molar-refractivity contribution in [3.63, 3.8) is 0 Å². The van der Waals surface area contributed by atoms with Crippen molar-refractivity contribution < 1.29 is 42.9 Å². The molecule has 0 aromatic carbocycles. The molecule has 0 spiro atoms. The summed E-state index contributed by atoms with van der Waals surface area (Å²) in [6.45, 7) is 10.5. The zero-order chi connectivity index (χ0) is 36.9. The second-order valence-corrected chi connectivity index (χ2v) is 11.8. The Balaban J connectivity index is 4.82. The Hall–Kier alpha value is -3.54. The van der Waals surface area contributed by atoms with E-state index >= 15 is 0 Å². The van der Waals surface area contributed by atoms with Crippen molar-refractivity contribution >= 4 is 29.5 Å². The lowest BCUT2D eigenvalue weighted by Gasteiger charge is -2.28. The molecule has 49 heavy (non-hydrogen) atoms. The SMILES string of the molecule is CC(C)C(=O)C(CCCNC(N)=O)NC(=O)C(NC(=O)C(CCCCN)NC(=O)CCOCCOCCOCCOCCN=[N+]=[N-])C(C)C. The molecule has 0 aromatic rings. The average molecular weight is 702 g/mol. The zero-order valence-electron chi connectivity index (χ0n) is 29.6. The molecule has 3 unspecified atom stereocenters. The van der Waals surface area contributed by atoms with Gasteiger partial charge in [0.15, 0.2) is 5.78 Å². The van der Waals surface area contributed by atoms with E-state index in [1.165, 1.54) is 0 Å². The van der Waals surface area contributed by atoms with E-state index in [0.717, 1.165) is 0 Å². The predicted molar refractivity (Wildman–Crippen MR) is 182 cm³/mol. The molecule has 0 fully saturated rings. The van der Waals surface area contributed by atoms with Gasteiger partial charge in [-0.2, -0.15) is 0 Å². The molecular weight excluding hydrogens is 642 g/mol. The van der Waals surface area contributed by atoms with Crippen LogP contribution in [0.2, 0.25) is 0 Å². The van der Waals surface area contributed by atoms with Crippen LogP contribution in [-0.2, 0) is 38.1 Å². The van der Waals surface area contributed by atoms with Gasteiger partial charge < -0.3 is 51.7 Å². The molecule has 0 bridgehead atoms. The quantitative estimate of drug-likeness (QED) is 0.0254. The van der Waals surface area contributed by atoms with Gasteiger partial charge in [0.2, 0.25) is 17.7 Å². The first-order valence-electron chi connectivity index (χ1n) is 16.9. The van der Waals surface area contributed by atoms with Crippen molar-refractivity contribution in [2.24, 2.45) is 28.4 Å². The first-order chi connectivity index (χ1) is 23.4. The summed E-state index contributed by atoms with van der Waals surface area (Å²) in [6.07, 6.45) is 2.26. The van der Waals surface area contributed by atoms with E-state index < -0.39 is 36.0 Å². The number of amides is 5. The highest BCUT2D eigenvalue weighted by atomic mass is 16.6. The van der Waals surface area contributed by atoms with E-state index in [9.17, 15) is 24.0 Å². The van der Waals surface area contributed by atoms with Gasteiger partial charge in [-0.25, -0.2) is 4.79 Å². The molecule has 0 radical (unpaired) electrons. The third kappa shape index (κ3) is 24.3. The van der Waals surface area contributed by atoms with Crippen LogP contribution in [0.25, 0.3) is 10.4 Å². The molecule has 0 aliphatic heterocycles. The van der Waals surface area contributed by atoms with Crippen molar-refractivity contribution in [3.05, 3.63) is 10.4 Å². The number of primary amides is 1. The van der Waals surface area contributed by atoms with E-state index in [0.29, 0.717) is 71.9 Å². The number of ketones is 1. The van der Waals surface area contributed by atoms with Crippen LogP contribution < -0.4 is 32.7 Å². The highest BCUT2D eigenvalue weighted by molar-refractivity contribution is 5.95. The maximum Gasteiger partial charge on any atom is 0.312 e. The number of hydrogen-bond acceptors (Lipinski definition) is 11. The molecule has 5 amide bonds. The largest absolute Gasteiger partial charge is 0.379 e. The van der Waals surface area contributed by atoms with Crippen molar-refractivity contribution in [1.29, 1.82) is 0 Å². The predicted octanol–water partition coefficient (Wildman–Crippen LogP) is 0.666. The maximum absolute atomic E-state index is 13.4. The van der Waals surface area contributed by atoms with Crippen LogP contribution >= 0.6 is 0 Å². The van der Waals surface area contributed by atoms with Gasteiger partial charge >= 0.3 is 6.03 Å². The lowest BCUT2D eigenvalue weighted by Crippen LogP contribution is -2.57. The summed E-state index contributed by atoms with van der Waals surface area (Å²) in [5.74, 6) is -2.27. The van der Waals surface area contributed by atoms with Gasteiger partial charge in [0.05, 0.1) is 58.9 Å². The summed E-state index contributed by atoms with van der Waals surface area (Å²) in [7, 11) is 0. The van der Waals surface area contributed by atoms with Crippen LogP contribution in [0.5, 0.6) is 0 Å². The van der Waals surface area contributed by atoms with Crippen molar-refractivity contribution in [2.45, 2.75) is 84.3 Å². The lowest BCUT2D eigenvalue weighted by molar-refractivity contribution is -0.135. The van der Waals surface area contributed by atoms with E-state index in [4.69, 9.17) is 35.9 Å². The van der Waals surface area contributed by atoms with Crippen LogP contribution in [0.4, 0.5) is 4.79 Å². The minimum atomic E-state index is -0.968. The number of carbonyl (C=O) groups excluding carboxylic acids is 5. The molecule has 0 aliphatic carbocycles. The zero-order valence-corrected chi connectivity index (χ0v) is 29.6. The molecule has 3 atom stereocenters. The van der Waals surface area contributed by atoms with Gasteiger partial charge in [-0.1, -0.05) is 32.8 Å². The molecule has 0 saturated carbocycles. The first kappa shape index (κ1) is 45.5. The second kappa shape index (κ2) is 29.4. The topological polar surface area (TPSA) is 271 Å². The number of urea groups is 1. The Labute approximate surface area is 289 Å². The minimum absolute atomic E-state index is 0.0150. The molecule has 282 valence electrons. The Morgan fingerprint density at radius 3 is 1.84 bits per heavy atom. The van der Waals surface area contributed by atoms with E-state index in [2.05, 4.69) is 31.3 Å². The van der Waals surface area contributed by atoms with Crippen molar-refractivity contribution in [1.82, 2.24) is 21.3 Å². The smallest absolute Gasteiger partial charge is 0.312 e. The number of Topliss-reactive ketones (excluding diaryl/α,β-unsaturated/α-hetero) is 1. The average Bonchev–Trinajstić information content (AvgIpc) is 3.05. The standard InChI is InChI=1S/C31H59N9O9/c1-22(2)27(30(44)38-24(28(42)23(3)4)9-7-12-35-31(33)45)39-29(43)25(8-5-6-11-32)37-26(41)10-14-46-16-18-48-20-21-49-19-17-47-15-13-36-40-34/h22-25,27H,5-21,32H2,1-4H3,(H,37,41)(H,38,44)(H,39,43)(H3,33,35,45). The molecular formula is C31H59N9O9. The Bertz CT molecular complexity index is 1010. The van der Waals surface area contributed by atoms with Crippen molar-refractivity contribution in [3.8, 4) is 0 Å². The molecule has 0 aromatic heterocycles. The summed E-state index contributed by atoms with van der Waals surface area (Å²) in [4.78, 5) is 65.9. The van der Waals surface area contributed by atoms with Gasteiger partial charge in [-0.3, -0.25) is 19.2 Å². The number of unbranched alkanes of at least 4 members (excludes halogenated alkanes) is 1. The summed E-state index contributed by atoms with van der Waals surface area (Å²) in [6, 6.07) is -3.36. The van der Waals surface area contributed by atoms with Gasteiger partial charge in [0.1, 0.15) is 12.1 Å². The number of rotatable bonds is 31. The monoisotopic (exact) mass is 701 g/mol. The number of nitrogens with zero attached hydrogens (tertiary/aromatic N) is 3. The van der Waals surface area contributed by atoms with Crippen LogP contribution in [0, 0.1) is 11.8 Å². The van der Waals surface area contributed by atoms with E-state index in [1.54, 1.807) is 27.7 Å². The minimum Gasteiger partial charge on any atom is -0.379 e. The Morgan fingerprint density at radius 1 is 0.735 bits per heavy atom. The Kier molecular flexibility index (Phi) is 27.3. The highest BCUT2D eigenvalue weighted by Crippen LogP contribution is 2.10. The molecule has 18 heteroatoms. The molecule has 18 nitrogen and oxygen atoms in total. The van der Waals surface area contributed by atoms with E-state index in [1.807, 2.05) is 0 Å². The molecule has 0 rings (SSSR count). The fraction of sp³-hybridized carbons (Fsp3) is 0.839. The molecule has 8 N–H and O–H groups in total. The number of carbonyl (C=O) groups is 5. The number of nitrogens with one attached hydrogen (secondary N) is 4. The number of azide groups is 1. The fourth-order valence-corrected chi connectivity index (χ4v) is 4.36. The summed E-state index contributed by atoms with van der Waals surface area (Å²) < 4.78 is 21.5. The summed E-state index contributed by atoms with van der Waals surface area (Å²) in [5.41, 5.74) is 18.9.